The molecule has 18 heavy (non-hydrogen) atoms. The van der Waals surface area contributed by atoms with Gasteiger partial charge in [-0.05, 0) is 42.2 Å². The Bertz CT molecular complexity index is 644. The van der Waals surface area contributed by atoms with Gasteiger partial charge >= 0.3 is 0 Å². The molecule has 3 rings (SSSR count). The highest BCUT2D eigenvalue weighted by Crippen LogP contribution is 2.28. The van der Waals surface area contributed by atoms with Gasteiger partial charge in [-0.25, -0.2) is 9.36 Å². The van der Waals surface area contributed by atoms with Crippen molar-refractivity contribution < 1.29 is 0 Å². The van der Waals surface area contributed by atoms with Gasteiger partial charge in [0.25, 0.3) is 0 Å². The number of hydrogen-bond acceptors (Lipinski definition) is 5. The van der Waals surface area contributed by atoms with Crippen molar-refractivity contribution in [3.05, 3.63) is 47.5 Å². The average molecular weight is 273 g/mol. The van der Waals surface area contributed by atoms with E-state index in [0.717, 1.165) is 21.4 Å². The molecule has 1 aromatic carbocycles. The van der Waals surface area contributed by atoms with Crippen molar-refractivity contribution in [1.82, 2.24) is 9.36 Å². The van der Waals surface area contributed by atoms with E-state index in [0.29, 0.717) is 0 Å². The normalized spacial score (nSPS) is 10.5. The van der Waals surface area contributed by atoms with Crippen LogP contribution >= 0.6 is 22.9 Å². The first-order valence-electron chi connectivity index (χ1n) is 5.51. The third kappa shape index (κ3) is 2.42. The van der Waals surface area contributed by atoms with E-state index in [2.05, 4.69) is 33.7 Å². The zero-order valence-corrected chi connectivity index (χ0v) is 11.4. The van der Waals surface area contributed by atoms with Crippen molar-refractivity contribution in [2.75, 3.05) is 5.32 Å². The van der Waals surface area contributed by atoms with Gasteiger partial charge < -0.3 is 5.32 Å². The molecule has 0 aliphatic rings. The number of anilines is 2. The summed E-state index contributed by atoms with van der Waals surface area (Å²) in [7, 11) is 0. The Labute approximate surface area is 113 Å². The molecular weight excluding hydrogens is 262 g/mol. The lowest BCUT2D eigenvalue weighted by Gasteiger charge is -2.02. The van der Waals surface area contributed by atoms with Gasteiger partial charge in [0.15, 0.2) is 5.13 Å². The van der Waals surface area contributed by atoms with Crippen molar-refractivity contribution >= 4 is 33.7 Å². The average Bonchev–Trinajstić information content (AvgIpc) is 2.98. The standard InChI is InChI=1S/C13H11N3S2/c1-9-3-2-4-10(7-9)15-13-16-11(8-17-13)12-5-6-14-18-12/h2-8H,1H3,(H,15,16). The summed E-state index contributed by atoms with van der Waals surface area (Å²) in [6.45, 7) is 2.08. The van der Waals surface area contributed by atoms with Crippen LogP contribution < -0.4 is 5.32 Å². The molecule has 0 saturated carbocycles. The fourth-order valence-corrected chi connectivity index (χ4v) is 3.00. The maximum atomic E-state index is 4.56. The van der Waals surface area contributed by atoms with E-state index >= 15 is 0 Å². The molecule has 0 spiro atoms. The Morgan fingerprint density at radius 2 is 2.17 bits per heavy atom. The summed E-state index contributed by atoms with van der Waals surface area (Å²) < 4.78 is 4.09. The highest BCUT2D eigenvalue weighted by Gasteiger charge is 2.06. The molecule has 2 heterocycles. The summed E-state index contributed by atoms with van der Waals surface area (Å²) in [5.74, 6) is 0. The van der Waals surface area contributed by atoms with Gasteiger partial charge in [-0.1, -0.05) is 12.1 Å². The van der Waals surface area contributed by atoms with Gasteiger partial charge in [0, 0.05) is 17.3 Å². The monoisotopic (exact) mass is 273 g/mol. The molecule has 0 fully saturated rings. The molecule has 3 aromatic rings. The van der Waals surface area contributed by atoms with Crippen LogP contribution in [-0.2, 0) is 0 Å². The van der Waals surface area contributed by atoms with E-state index in [-0.39, 0.29) is 0 Å². The number of rotatable bonds is 3. The van der Waals surface area contributed by atoms with Gasteiger partial charge in [0.2, 0.25) is 0 Å². The lowest BCUT2D eigenvalue weighted by molar-refractivity contribution is 1.38. The van der Waals surface area contributed by atoms with Crippen LogP contribution in [-0.4, -0.2) is 9.36 Å². The molecule has 0 aliphatic carbocycles. The van der Waals surface area contributed by atoms with Crippen molar-refractivity contribution in [3.8, 4) is 10.6 Å². The minimum Gasteiger partial charge on any atom is -0.332 e. The quantitative estimate of drug-likeness (QED) is 0.772. The van der Waals surface area contributed by atoms with Crippen LogP contribution in [0.4, 0.5) is 10.8 Å². The van der Waals surface area contributed by atoms with Crippen LogP contribution in [0.25, 0.3) is 10.6 Å². The molecule has 1 N–H and O–H groups in total. The smallest absolute Gasteiger partial charge is 0.187 e. The molecule has 0 radical (unpaired) electrons. The summed E-state index contributed by atoms with van der Waals surface area (Å²) in [5.41, 5.74) is 3.29. The van der Waals surface area contributed by atoms with Gasteiger partial charge in [0.05, 0.1) is 10.6 Å². The molecule has 5 heteroatoms. The third-order valence-electron chi connectivity index (χ3n) is 2.46. The second-order valence-electron chi connectivity index (χ2n) is 3.91. The molecule has 0 saturated heterocycles. The summed E-state index contributed by atoms with van der Waals surface area (Å²) in [6, 6.07) is 10.2. The maximum absolute atomic E-state index is 4.56. The van der Waals surface area contributed by atoms with Gasteiger partial charge in [0.1, 0.15) is 0 Å². The minimum absolute atomic E-state index is 0.906. The SMILES string of the molecule is Cc1cccc(Nc2nc(-c3ccns3)cs2)c1. The first kappa shape index (κ1) is 11.4. The van der Waals surface area contributed by atoms with E-state index in [1.807, 2.05) is 23.6 Å². The molecule has 0 aliphatic heterocycles. The van der Waals surface area contributed by atoms with Crippen LogP contribution in [0.15, 0.2) is 41.9 Å². The maximum Gasteiger partial charge on any atom is 0.187 e. The van der Waals surface area contributed by atoms with Crippen molar-refractivity contribution in [2.24, 2.45) is 0 Å². The predicted molar refractivity (Wildman–Crippen MR) is 77.7 cm³/mol. The summed E-state index contributed by atoms with van der Waals surface area (Å²) in [5, 5.41) is 6.27. The summed E-state index contributed by atoms with van der Waals surface area (Å²) in [6.07, 6.45) is 1.80. The minimum atomic E-state index is 0.906. The number of nitrogens with zero attached hydrogens (tertiary/aromatic N) is 2. The van der Waals surface area contributed by atoms with E-state index in [9.17, 15) is 0 Å². The predicted octanol–water partition coefficient (Wildman–Crippen LogP) is 4.32. The summed E-state index contributed by atoms with van der Waals surface area (Å²) in [4.78, 5) is 5.66. The molecule has 0 bridgehead atoms. The molecule has 0 unspecified atom stereocenters. The fourth-order valence-electron chi connectivity index (χ4n) is 1.64. The zero-order chi connectivity index (χ0) is 12.4. The summed E-state index contributed by atoms with van der Waals surface area (Å²) >= 11 is 3.07. The molecule has 3 nitrogen and oxygen atoms in total. The topological polar surface area (TPSA) is 37.8 Å². The number of nitrogens with one attached hydrogen (secondary N) is 1. The Balaban J connectivity index is 1.82. The lowest BCUT2D eigenvalue weighted by Crippen LogP contribution is -1.89. The zero-order valence-electron chi connectivity index (χ0n) is 9.75. The number of hydrogen-bond donors (Lipinski definition) is 1. The van der Waals surface area contributed by atoms with Crippen molar-refractivity contribution in [3.63, 3.8) is 0 Å². The van der Waals surface area contributed by atoms with Crippen LogP contribution in [0.2, 0.25) is 0 Å². The number of aromatic nitrogens is 2. The number of benzene rings is 1. The van der Waals surface area contributed by atoms with Crippen LogP contribution in [0, 0.1) is 6.92 Å². The number of aryl methyl sites for hydroxylation is 1. The van der Waals surface area contributed by atoms with Gasteiger partial charge in [-0.2, -0.15) is 0 Å². The second-order valence-corrected chi connectivity index (χ2v) is 5.60. The highest BCUT2D eigenvalue weighted by atomic mass is 32.1. The Kier molecular flexibility index (Phi) is 3.08. The second kappa shape index (κ2) is 4.88. The molecule has 2 aromatic heterocycles. The van der Waals surface area contributed by atoms with E-state index in [1.54, 1.807) is 17.5 Å². The number of thiazole rings is 1. The molecule has 0 atom stereocenters. The fraction of sp³-hybridized carbons (Fsp3) is 0.0769. The Hall–Kier alpha value is -1.72. The van der Waals surface area contributed by atoms with E-state index < -0.39 is 0 Å². The van der Waals surface area contributed by atoms with Crippen LogP contribution in [0.3, 0.4) is 0 Å². The highest BCUT2D eigenvalue weighted by molar-refractivity contribution is 7.15. The van der Waals surface area contributed by atoms with E-state index in [1.165, 1.54) is 17.1 Å². The van der Waals surface area contributed by atoms with Crippen molar-refractivity contribution in [1.29, 1.82) is 0 Å². The first-order chi connectivity index (χ1) is 8.81. The Morgan fingerprint density at radius 3 is 2.94 bits per heavy atom. The Morgan fingerprint density at radius 1 is 1.22 bits per heavy atom. The van der Waals surface area contributed by atoms with Gasteiger partial charge in [-0.3, -0.25) is 0 Å². The lowest BCUT2D eigenvalue weighted by atomic mass is 10.2. The van der Waals surface area contributed by atoms with Crippen LogP contribution in [0.1, 0.15) is 5.56 Å². The van der Waals surface area contributed by atoms with Crippen LogP contribution in [0.5, 0.6) is 0 Å². The van der Waals surface area contributed by atoms with Crippen molar-refractivity contribution in [2.45, 2.75) is 6.92 Å². The molecular formula is C13H11N3S2. The molecule has 0 amide bonds. The van der Waals surface area contributed by atoms with Gasteiger partial charge in [-0.15, -0.1) is 11.3 Å². The largest absolute Gasteiger partial charge is 0.332 e. The van der Waals surface area contributed by atoms with E-state index in [4.69, 9.17) is 0 Å². The third-order valence-corrected chi connectivity index (χ3v) is 3.99. The molecule has 90 valence electrons. The first-order valence-corrected chi connectivity index (χ1v) is 7.17.